The van der Waals surface area contributed by atoms with E-state index >= 15 is 0 Å². The summed E-state index contributed by atoms with van der Waals surface area (Å²) in [6.07, 6.45) is 8.35. The second kappa shape index (κ2) is 7.87. The van der Waals surface area contributed by atoms with E-state index in [4.69, 9.17) is 5.73 Å². The molecule has 0 aliphatic heterocycles. The molecular formula is C18H27N3. The fraction of sp³-hybridized carbons (Fsp3) is 0.500. The van der Waals surface area contributed by atoms with Gasteiger partial charge in [-0.15, -0.1) is 0 Å². The zero-order valence-corrected chi connectivity index (χ0v) is 13.2. The number of nitrogens with zero attached hydrogens (tertiary/aromatic N) is 1. The number of aromatic nitrogens is 1. The lowest BCUT2D eigenvalue weighted by molar-refractivity contribution is 0.523. The summed E-state index contributed by atoms with van der Waals surface area (Å²) in [5.41, 5.74) is 8.84. The van der Waals surface area contributed by atoms with Crippen molar-refractivity contribution in [2.75, 3.05) is 17.6 Å². The van der Waals surface area contributed by atoms with Gasteiger partial charge in [0.05, 0.1) is 11.2 Å². The molecule has 3 N–H and O–H groups in total. The molecule has 0 fully saturated rings. The van der Waals surface area contributed by atoms with Gasteiger partial charge in [0.15, 0.2) is 0 Å². The van der Waals surface area contributed by atoms with E-state index in [1.165, 1.54) is 32.1 Å². The van der Waals surface area contributed by atoms with Crippen LogP contribution in [0.2, 0.25) is 0 Å². The molecule has 3 heteroatoms. The van der Waals surface area contributed by atoms with Crippen LogP contribution in [0.4, 0.5) is 11.4 Å². The number of unbranched alkanes of at least 4 members (excludes halogenated alkanes) is 3. The smallest absolute Gasteiger partial charge is 0.0953 e. The zero-order chi connectivity index (χ0) is 15.1. The van der Waals surface area contributed by atoms with E-state index in [1.807, 2.05) is 30.5 Å². The lowest BCUT2D eigenvalue weighted by Crippen LogP contribution is -2.03. The first-order chi connectivity index (χ1) is 10.2. The zero-order valence-electron chi connectivity index (χ0n) is 13.2. The monoisotopic (exact) mass is 285 g/mol. The standard InChI is InChI=1S/C18H27N3/c1-14(2)8-5-3-4-6-12-20-17-11-10-16(19)15-9-7-13-21-18(15)17/h7,9-11,13-14,20H,3-6,8,12,19H2,1-2H3. The van der Waals surface area contributed by atoms with Crippen molar-refractivity contribution in [2.45, 2.75) is 46.0 Å². The molecule has 0 radical (unpaired) electrons. The van der Waals surface area contributed by atoms with E-state index in [-0.39, 0.29) is 0 Å². The van der Waals surface area contributed by atoms with Crippen molar-refractivity contribution in [1.29, 1.82) is 0 Å². The van der Waals surface area contributed by atoms with Gasteiger partial charge in [-0.05, 0) is 36.6 Å². The van der Waals surface area contributed by atoms with Crippen molar-refractivity contribution >= 4 is 22.3 Å². The third-order valence-corrected chi connectivity index (χ3v) is 3.83. The van der Waals surface area contributed by atoms with E-state index in [9.17, 15) is 0 Å². The quantitative estimate of drug-likeness (QED) is 0.539. The highest BCUT2D eigenvalue weighted by atomic mass is 14.9. The van der Waals surface area contributed by atoms with Crippen molar-refractivity contribution < 1.29 is 0 Å². The van der Waals surface area contributed by atoms with E-state index in [0.717, 1.165) is 34.7 Å². The van der Waals surface area contributed by atoms with Crippen LogP contribution >= 0.6 is 0 Å². The predicted molar refractivity (Wildman–Crippen MR) is 92.6 cm³/mol. The Morgan fingerprint density at radius 3 is 2.71 bits per heavy atom. The third-order valence-electron chi connectivity index (χ3n) is 3.83. The highest BCUT2D eigenvalue weighted by Gasteiger charge is 2.04. The molecule has 0 saturated heterocycles. The van der Waals surface area contributed by atoms with Crippen molar-refractivity contribution in [1.82, 2.24) is 4.98 Å². The van der Waals surface area contributed by atoms with Gasteiger partial charge in [-0.1, -0.05) is 39.5 Å². The molecule has 0 saturated carbocycles. The normalized spacial score (nSPS) is 11.2. The molecule has 114 valence electrons. The molecule has 0 atom stereocenters. The van der Waals surface area contributed by atoms with E-state index in [0.29, 0.717) is 0 Å². The van der Waals surface area contributed by atoms with Gasteiger partial charge in [-0.2, -0.15) is 0 Å². The fourth-order valence-corrected chi connectivity index (χ4v) is 2.59. The van der Waals surface area contributed by atoms with Gasteiger partial charge in [0, 0.05) is 23.8 Å². The highest BCUT2D eigenvalue weighted by Crippen LogP contribution is 2.26. The Bertz CT molecular complexity index is 563. The number of pyridine rings is 1. The molecule has 1 aromatic heterocycles. The second-order valence-corrected chi connectivity index (χ2v) is 6.13. The molecule has 0 aliphatic carbocycles. The number of hydrogen-bond acceptors (Lipinski definition) is 3. The van der Waals surface area contributed by atoms with Crippen LogP contribution in [-0.2, 0) is 0 Å². The lowest BCUT2D eigenvalue weighted by atomic mass is 10.0. The molecule has 0 spiro atoms. The Morgan fingerprint density at radius 1 is 1.10 bits per heavy atom. The first kappa shape index (κ1) is 15.6. The average Bonchev–Trinajstić information content (AvgIpc) is 2.48. The summed E-state index contributed by atoms with van der Waals surface area (Å²) < 4.78 is 0. The van der Waals surface area contributed by atoms with Crippen molar-refractivity contribution in [3.05, 3.63) is 30.5 Å². The maximum absolute atomic E-state index is 5.99. The first-order valence-electron chi connectivity index (χ1n) is 8.05. The van der Waals surface area contributed by atoms with Crippen LogP contribution in [-0.4, -0.2) is 11.5 Å². The molecular weight excluding hydrogens is 258 g/mol. The number of hydrogen-bond donors (Lipinski definition) is 2. The van der Waals surface area contributed by atoms with Crippen LogP contribution in [0, 0.1) is 5.92 Å². The minimum atomic E-state index is 0.789. The van der Waals surface area contributed by atoms with E-state index < -0.39 is 0 Å². The molecule has 21 heavy (non-hydrogen) atoms. The third kappa shape index (κ3) is 4.62. The summed E-state index contributed by atoms with van der Waals surface area (Å²) in [4.78, 5) is 4.45. The van der Waals surface area contributed by atoms with Crippen molar-refractivity contribution in [2.24, 2.45) is 5.92 Å². The van der Waals surface area contributed by atoms with Crippen LogP contribution in [0.3, 0.4) is 0 Å². The number of fused-ring (bicyclic) bond motifs is 1. The molecule has 2 rings (SSSR count). The van der Waals surface area contributed by atoms with Crippen molar-refractivity contribution in [3.63, 3.8) is 0 Å². The molecule has 0 bridgehead atoms. The second-order valence-electron chi connectivity index (χ2n) is 6.13. The van der Waals surface area contributed by atoms with Gasteiger partial charge in [-0.3, -0.25) is 4.98 Å². The van der Waals surface area contributed by atoms with Crippen LogP contribution in [0.25, 0.3) is 10.9 Å². The Labute approximate surface area is 128 Å². The number of nitrogen functional groups attached to an aromatic ring is 1. The summed E-state index contributed by atoms with van der Waals surface area (Å²) in [5, 5.41) is 4.52. The number of rotatable bonds is 8. The molecule has 0 unspecified atom stereocenters. The minimum Gasteiger partial charge on any atom is -0.398 e. The lowest BCUT2D eigenvalue weighted by Gasteiger charge is -2.10. The molecule has 1 heterocycles. The minimum absolute atomic E-state index is 0.789. The maximum atomic E-state index is 5.99. The predicted octanol–water partition coefficient (Wildman–Crippen LogP) is 4.84. The van der Waals surface area contributed by atoms with E-state index in [1.54, 1.807) is 0 Å². The summed E-state index contributed by atoms with van der Waals surface area (Å²) in [6.45, 7) is 5.58. The number of anilines is 2. The summed E-state index contributed by atoms with van der Waals surface area (Å²) >= 11 is 0. The topological polar surface area (TPSA) is 50.9 Å². The van der Waals surface area contributed by atoms with Crippen LogP contribution < -0.4 is 11.1 Å². The average molecular weight is 285 g/mol. The fourth-order valence-electron chi connectivity index (χ4n) is 2.59. The van der Waals surface area contributed by atoms with Gasteiger partial charge in [0.2, 0.25) is 0 Å². The highest BCUT2D eigenvalue weighted by molar-refractivity contribution is 5.98. The van der Waals surface area contributed by atoms with Crippen LogP contribution in [0.5, 0.6) is 0 Å². The van der Waals surface area contributed by atoms with Gasteiger partial charge in [0.1, 0.15) is 0 Å². The van der Waals surface area contributed by atoms with Crippen molar-refractivity contribution in [3.8, 4) is 0 Å². The number of nitrogens with two attached hydrogens (primary N) is 1. The summed E-state index contributed by atoms with van der Waals surface area (Å²) in [6, 6.07) is 7.93. The van der Waals surface area contributed by atoms with Gasteiger partial charge < -0.3 is 11.1 Å². The summed E-state index contributed by atoms with van der Waals surface area (Å²) in [7, 11) is 0. The maximum Gasteiger partial charge on any atom is 0.0953 e. The first-order valence-corrected chi connectivity index (χ1v) is 8.05. The number of nitrogens with one attached hydrogen (secondary N) is 1. The molecule has 2 aromatic rings. The van der Waals surface area contributed by atoms with Crippen LogP contribution in [0.15, 0.2) is 30.5 Å². The SMILES string of the molecule is CC(C)CCCCCCNc1ccc(N)c2cccnc12. The molecule has 1 aromatic carbocycles. The Kier molecular flexibility index (Phi) is 5.85. The Hall–Kier alpha value is -1.77. The largest absolute Gasteiger partial charge is 0.398 e. The number of benzene rings is 1. The van der Waals surface area contributed by atoms with Gasteiger partial charge >= 0.3 is 0 Å². The molecule has 0 amide bonds. The van der Waals surface area contributed by atoms with Crippen LogP contribution in [0.1, 0.15) is 46.0 Å². The van der Waals surface area contributed by atoms with Gasteiger partial charge in [-0.25, -0.2) is 0 Å². The van der Waals surface area contributed by atoms with Gasteiger partial charge in [0.25, 0.3) is 0 Å². The Balaban J connectivity index is 1.80. The molecule has 3 nitrogen and oxygen atoms in total. The van der Waals surface area contributed by atoms with E-state index in [2.05, 4.69) is 24.1 Å². The Morgan fingerprint density at radius 2 is 1.90 bits per heavy atom. The summed E-state index contributed by atoms with van der Waals surface area (Å²) in [5.74, 6) is 0.829. The molecule has 0 aliphatic rings.